The number of nitrogens with zero attached hydrogens (tertiary/aromatic N) is 2. The van der Waals surface area contributed by atoms with Gasteiger partial charge in [0.05, 0.1) is 5.52 Å². The Kier molecular flexibility index (Phi) is 5.42. The van der Waals surface area contributed by atoms with Gasteiger partial charge in [-0.05, 0) is 96.8 Å². The maximum absolute atomic E-state index is 19.5. The van der Waals surface area contributed by atoms with E-state index in [0.29, 0.717) is 0 Å². The summed E-state index contributed by atoms with van der Waals surface area (Å²) in [7, 11) is 0. The number of aromatic nitrogens is 2. The molecule has 0 bridgehead atoms. The molecule has 274 valence electrons. The van der Waals surface area contributed by atoms with Crippen molar-refractivity contribution >= 4 is 113 Å². The molecule has 14 rings (SSSR count). The van der Waals surface area contributed by atoms with Gasteiger partial charge in [-0.3, -0.25) is 0 Å². The zero-order valence-electron chi connectivity index (χ0n) is 34.2. The Morgan fingerprint density at radius 1 is 0.483 bits per heavy atom. The van der Waals surface area contributed by atoms with Crippen LogP contribution in [0.5, 0.6) is 0 Å². The van der Waals surface area contributed by atoms with Crippen LogP contribution in [-0.2, 0) is 10.8 Å². The minimum atomic E-state index is -0.275. The molecule has 5 aliphatic heterocycles. The van der Waals surface area contributed by atoms with Crippen molar-refractivity contribution in [1.82, 2.24) is 9.13 Å². The Hall–Kier alpha value is -5.74. The normalized spacial score (nSPS) is 14.9. The fourth-order valence-corrected chi connectivity index (χ4v) is 12.7. The fourth-order valence-electron chi connectivity index (χ4n) is 12.7. The van der Waals surface area contributed by atoms with E-state index in [-0.39, 0.29) is 36.8 Å². The van der Waals surface area contributed by atoms with Crippen molar-refractivity contribution in [2.24, 2.45) is 0 Å². The van der Waals surface area contributed by atoms with E-state index in [2.05, 4.69) is 162 Å². The third-order valence-corrected chi connectivity index (χ3v) is 15.0. The van der Waals surface area contributed by atoms with Crippen molar-refractivity contribution < 1.29 is 4.39 Å². The number of para-hydroxylation sites is 1. The van der Waals surface area contributed by atoms with Crippen LogP contribution in [0.25, 0.3) is 66.1 Å². The summed E-state index contributed by atoms with van der Waals surface area (Å²) in [6, 6.07) is 37.0. The molecule has 2 nitrogen and oxygen atoms in total. The molecule has 0 spiro atoms. The molecule has 5 aliphatic rings. The van der Waals surface area contributed by atoms with Gasteiger partial charge in [0.25, 0.3) is 20.1 Å². The van der Waals surface area contributed by atoms with Crippen molar-refractivity contribution in [3.63, 3.8) is 0 Å². The highest BCUT2D eigenvalue weighted by atomic mass is 19.1. The summed E-state index contributed by atoms with van der Waals surface area (Å²) in [6.07, 6.45) is 0. The molecule has 0 fully saturated rings. The second-order valence-electron chi connectivity index (χ2n) is 20.3. The Bertz CT molecular complexity index is 3530. The van der Waals surface area contributed by atoms with Crippen LogP contribution in [0.1, 0.15) is 63.8 Å². The molecule has 0 aliphatic carbocycles. The van der Waals surface area contributed by atoms with Gasteiger partial charge in [0.2, 0.25) is 0 Å². The summed E-state index contributed by atoms with van der Waals surface area (Å²) in [5, 5.41) is 5.16. The average Bonchev–Trinajstić information content (AvgIpc) is 3.83. The van der Waals surface area contributed by atoms with E-state index in [0.717, 1.165) is 33.2 Å². The topological polar surface area (TPSA) is 9.86 Å². The molecule has 6 heteroatoms. The molecule has 9 aromatic rings. The molecule has 0 saturated heterocycles. The van der Waals surface area contributed by atoms with Crippen LogP contribution < -0.4 is 49.2 Å². The van der Waals surface area contributed by atoms with Gasteiger partial charge in [0.1, 0.15) is 5.82 Å². The van der Waals surface area contributed by atoms with Crippen LogP contribution in [0.15, 0.2) is 97.1 Å². The number of benzene rings is 7. The molecular formula is C52H40B3FN2. The third-order valence-electron chi connectivity index (χ3n) is 15.0. The lowest BCUT2D eigenvalue weighted by Crippen LogP contribution is -2.70. The average molecular weight is 744 g/mol. The van der Waals surface area contributed by atoms with Crippen LogP contribution in [0.4, 0.5) is 4.39 Å². The summed E-state index contributed by atoms with van der Waals surface area (Å²) in [4.78, 5) is 0. The SMILES string of the molecule is Cc1cc2c3c(c1)c1ccc4c5c1n3-c1c(c(F)c3c6c1B5c1c-4cc(C)c4c5cccc(c5n-6c14)B3c1cccc(C(C)(C)C)c1)B2c1cccc(C(C)(C)C)c1. The van der Waals surface area contributed by atoms with E-state index in [4.69, 9.17) is 0 Å². The highest BCUT2D eigenvalue weighted by molar-refractivity contribution is 7.07. The number of fused-ring (bicyclic) bond motifs is 3. The quantitative estimate of drug-likeness (QED) is 0.192. The minimum absolute atomic E-state index is 0.0286. The van der Waals surface area contributed by atoms with Gasteiger partial charge >= 0.3 is 0 Å². The number of hydrogen-bond donors (Lipinski definition) is 0. The number of halogens is 1. The van der Waals surface area contributed by atoms with Gasteiger partial charge in [-0.2, -0.15) is 0 Å². The first-order chi connectivity index (χ1) is 27.8. The molecule has 0 unspecified atom stereocenters. The van der Waals surface area contributed by atoms with E-state index < -0.39 is 0 Å². The van der Waals surface area contributed by atoms with E-state index in [1.165, 1.54) is 104 Å². The summed E-state index contributed by atoms with van der Waals surface area (Å²) < 4.78 is 24.6. The minimum Gasteiger partial charge on any atom is -0.311 e. The van der Waals surface area contributed by atoms with E-state index >= 15 is 4.39 Å². The van der Waals surface area contributed by atoms with Gasteiger partial charge in [-0.1, -0.05) is 149 Å². The lowest BCUT2D eigenvalue weighted by molar-refractivity contribution is 0.590. The van der Waals surface area contributed by atoms with Gasteiger partial charge in [-0.25, -0.2) is 4.39 Å². The summed E-state index contributed by atoms with van der Waals surface area (Å²) in [5.41, 5.74) is 25.4. The van der Waals surface area contributed by atoms with Gasteiger partial charge in [0.15, 0.2) is 0 Å². The van der Waals surface area contributed by atoms with Crippen molar-refractivity contribution in [3.05, 3.63) is 125 Å². The molecule has 7 aromatic carbocycles. The predicted molar refractivity (Wildman–Crippen MR) is 248 cm³/mol. The molecule has 0 N–H and O–H groups in total. The number of hydrogen-bond acceptors (Lipinski definition) is 0. The standard InChI is InChI=1S/C52H40B3FN2/c1-25-20-35-32-19-18-31-34-22-26(2)38-33-16-11-17-36-45(33)58-48(38)40(34)55-39(31)47(32)57-46(35)37(21-25)54(30-15-10-13-28(24-30)52(6,7)8)42-44(56)41(50(58)43(55)49(42)57)53(36)29-14-9-12-27(23-29)51(3,4)5/h9-24H,1-8H3. The lowest BCUT2D eigenvalue weighted by Gasteiger charge is -2.41. The summed E-state index contributed by atoms with van der Waals surface area (Å²) in [6.45, 7) is 17.7. The van der Waals surface area contributed by atoms with Crippen LogP contribution in [0, 0.1) is 19.7 Å². The van der Waals surface area contributed by atoms with Crippen LogP contribution >= 0.6 is 0 Å². The highest BCUT2D eigenvalue weighted by Crippen LogP contribution is 2.46. The van der Waals surface area contributed by atoms with Crippen LogP contribution in [0.3, 0.4) is 0 Å². The van der Waals surface area contributed by atoms with Crippen molar-refractivity contribution in [3.8, 4) is 22.5 Å². The first-order valence-corrected chi connectivity index (χ1v) is 21.2. The maximum Gasteiger partial charge on any atom is 0.253 e. The lowest BCUT2D eigenvalue weighted by atomic mass is 9.28. The van der Waals surface area contributed by atoms with Crippen LogP contribution in [-0.4, -0.2) is 29.3 Å². The van der Waals surface area contributed by atoms with E-state index in [1.54, 1.807) is 0 Å². The Labute approximate surface area is 338 Å². The molecule has 2 aromatic heterocycles. The molecule has 0 saturated carbocycles. The number of rotatable bonds is 2. The maximum atomic E-state index is 19.5. The first kappa shape index (κ1) is 32.2. The second kappa shape index (κ2) is 9.75. The second-order valence-corrected chi connectivity index (χ2v) is 20.3. The molecular weight excluding hydrogens is 704 g/mol. The number of aryl methyl sites for hydroxylation is 2. The smallest absolute Gasteiger partial charge is 0.253 e. The van der Waals surface area contributed by atoms with Gasteiger partial charge in [0, 0.05) is 49.5 Å². The van der Waals surface area contributed by atoms with E-state index in [1.807, 2.05) is 0 Å². The van der Waals surface area contributed by atoms with Gasteiger partial charge in [-0.15, -0.1) is 0 Å². The van der Waals surface area contributed by atoms with Crippen LogP contribution in [0.2, 0.25) is 0 Å². The molecule has 0 atom stereocenters. The monoisotopic (exact) mass is 744 g/mol. The molecule has 0 amide bonds. The first-order valence-electron chi connectivity index (χ1n) is 21.2. The summed E-state index contributed by atoms with van der Waals surface area (Å²) >= 11 is 0. The fraction of sp³-hybridized carbons (Fsp3) is 0.192. The Balaban J connectivity index is 1.26. The zero-order chi connectivity index (χ0) is 39.2. The van der Waals surface area contributed by atoms with Crippen molar-refractivity contribution in [1.29, 1.82) is 0 Å². The van der Waals surface area contributed by atoms with Crippen molar-refractivity contribution in [2.45, 2.75) is 66.2 Å². The molecule has 0 radical (unpaired) electrons. The van der Waals surface area contributed by atoms with E-state index in [9.17, 15) is 0 Å². The molecule has 58 heavy (non-hydrogen) atoms. The Morgan fingerprint density at radius 3 is 1.76 bits per heavy atom. The third kappa shape index (κ3) is 3.41. The predicted octanol–water partition coefficient (Wildman–Crippen LogP) is 6.01. The van der Waals surface area contributed by atoms with Crippen molar-refractivity contribution in [2.75, 3.05) is 0 Å². The summed E-state index contributed by atoms with van der Waals surface area (Å²) in [5.74, 6) is -0.0494. The zero-order valence-corrected chi connectivity index (χ0v) is 34.2. The highest BCUT2D eigenvalue weighted by Gasteiger charge is 2.54. The largest absolute Gasteiger partial charge is 0.311 e. The molecule has 7 heterocycles. The Morgan fingerprint density at radius 2 is 1.09 bits per heavy atom. The van der Waals surface area contributed by atoms with Gasteiger partial charge < -0.3 is 9.13 Å².